The Balaban J connectivity index is 1.79. The van der Waals surface area contributed by atoms with Gasteiger partial charge in [-0.1, -0.05) is 12.8 Å². The van der Waals surface area contributed by atoms with Crippen molar-refractivity contribution in [2.45, 2.75) is 38.1 Å². The van der Waals surface area contributed by atoms with Crippen molar-refractivity contribution < 1.29 is 9.84 Å². The summed E-state index contributed by atoms with van der Waals surface area (Å²) in [6.45, 7) is 3.51. The Labute approximate surface area is 92.4 Å². The van der Waals surface area contributed by atoms with Crippen LogP contribution in [0, 0.1) is 5.41 Å². The molecule has 1 aliphatic carbocycles. The fourth-order valence-electron chi connectivity index (χ4n) is 3.23. The van der Waals surface area contributed by atoms with Crippen LogP contribution in [0.15, 0.2) is 0 Å². The predicted octanol–water partition coefficient (Wildman–Crippen LogP) is 1.26. The van der Waals surface area contributed by atoms with Crippen LogP contribution in [0.25, 0.3) is 0 Å². The quantitative estimate of drug-likeness (QED) is 0.746. The van der Waals surface area contributed by atoms with Gasteiger partial charge in [0, 0.05) is 32.8 Å². The molecule has 1 N–H and O–H groups in total. The Kier molecular flexibility index (Phi) is 3.65. The zero-order valence-electron chi connectivity index (χ0n) is 9.74. The van der Waals surface area contributed by atoms with E-state index in [4.69, 9.17) is 9.84 Å². The van der Waals surface area contributed by atoms with E-state index in [1.54, 1.807) is 7.11 Å². The summed E-state index contributed by atoms with van der Waals surface area (Å²) in [5.74, 6) is 0. The van der Waals surface area contributed by atoms with Crippen LogP contribution in [-0.2, 0) is 4.74 Å². The van der Waals surface area contributed by atoms with E-state index in [1.165, 1.54) is 38.8 Å². The van der Waals surface area contributed by atoms with Crippen molar-refractivity contribution in [3.05, 3.63) is 0 Å². The number of methoxy groups -OCH3 is 1. The molecular weight excluding hydrogens is 190 g/mol. The molecule has 1 unspecified atom stereocenters. The fourth-order valence-corrected chi connectivity index (χ4v) is 3.23. The van der Waals surface area contributed by atoms with Crippen LogP contribution in [0.4, 0.5) is 0 Å². The molecule has 0 radical (unpaired) electrons. The van der Waals surface area contributed by atoms with Gasteiger partial charge in [0.15, 0.2) is 0 Å². The van der Waals surface area contributed by atoms with Crippen LogP contribution in [0.3, 0.4) is 0 Å². The molecule has 1 aliphatic heterocycles. The molecule has 0 aromatic heterocycles. The minimum atomic E-state index is 0.275. The smallest absolute Gasteiger partial charge is 0.0618 e. The Morgan fingerprint density at radius 1 is 1.33 bits per heavy atom. The van der Waals surface area contributed by atoms with Crippen LogP contribution in [0.5, 0.6) is 0 Å². The second-order valence-electron chi connectivity index (χ2n) is 5.23. The highest BCUT2D eigenvalue weighted by molar-refractivity contribution is 4.99. The summed E-state index contributed by atoms with van der Waals surface area (Å²) >= 11 is 0. The summed E-state index contributed by atoms with van der Waals surface area (Å²) in [6, 6.07) is 0.436. The van der Waals surface area contributed by atoms with Crippen molar-refractivity contribution in [1.82, 2.24) is 4.90 Å². The summed E-state index contributed by atoms with van der Waals surface area (Å²) in [6.07, 6.45) is 6.53. The van der Waals surface area contributed by atoms with Gasteiger partial charge in [-0.3, -0.25) is 4.90 Å². The molecule has 2 rings (SSSR count). The van der Waals surface area contributed by atoms with Gasteiger partial charge in [-0.15, -0.1) is 0 Å². The van der Waals surface area contributed by atoms with E-state index in [2.05, 4.69) is 4.90 Å². The second kappa shape index (κ2) is 4.81. The third-order valence-corrected chi connectivity index (χ3v) is 4.08. The number of aliphatic hydroxyl groups is 1. The molecule has 1 saturated carbocycles. The lowest BCUT2D eigenvalue weighted by molar-refractivity contribution is -0.0536. The van der Waals surface area contributed by atoms with Gasteiger partial charge in [0.25, 0.3) is 0 Å². The monoisotopic (exact) mass is 213 g/mol. The van der Waals surface area contributed by atoms with Gasteiger partial charge < -0.3 is 9.84 Å². The van der Waals surface area contributed by atoms with Crippen molar-refractivity contribution in [1.29, 1.82) is 0 Å². The predicted molar refractivity (Wildman–Crippen MR) is 59.8 cm³/mol. The Bertz CT molecular complexity index is 188. The zero-order chi connectivity index (χ0) is 10.7. The first-order chi connectivity index (χ1) is 7.29. The van der Waals surface area contributed by atoms with Crippen LogP contribution >= 0.6 is 0 Å². The maximum absolute atomic E-state index is 9.01. The first-order valence-corrected chi connectivity index (χ1v) is 6.13. The number of hydrogen-bond acceptors (Lipinski definition) is 3. The zero-order valence-corrected chi connectivity index (χ0v) is 9.74. The summed E-state index contributed by atoms with van der Waals surface area (Å²) in [4.78, 5) is 2.49. The van der Waals surface area contributed by atoms with E-state index >= 15 is 0 Å². The van der Waals surface area contributed by atoms with Gasteiger partial charge in [0.1, 0.15) is 0 Å². The summed E-state index contributed by atoms with van der Waals surface area (Å²) in [5, 5.41) is 9.01. The number of aliphatic hydroxyl groups excluding tert-OH is 1. The SMILES string of the molecule is COCC(CCO)N1CC2(CCCC2)C1. The molecule has 3 nitrogen and oxygen atoms in total. The van der Waals surface area contributed by atoms with E-state index in [0.717, 1.165) is 13.0 Å². The molecular formula is C12H23NO2. The van der Waals surface area contributed by atoms with Gasteiger partial charge in [0.2, 0.25) is 0 Å². The van der Waals surface area contributed by atoms with E-state index in [0.29, 0.717) is 11.5 Å². The molecule has 3 heteroatoms. The molecule has 1 saturated heterocycles. The highest BCUT2D eigenvalue weighted by atomic mass is 16.5. The Morgan fingerprint density at radius 3 is 2.53 bits per heavy atom. The van der Waals surface area contributed by atoms with Crippen molar-refractivity contribution in [3.63, 3.8) is 0 Å². The largest absolute Gasteiger partial charge is 0.396 e. The van der Waals surface area contributed by atoms with Crippen LogP contribution in [-0.4, -0.2) is 49.5 Å². The first kappa shape index (κ1) is 11.4. The van der Waals surface area contributed by atoms with Crippen molar-refractivity contribution in [2.75, 3.05) is 33.4 Å². The summed E-state index contributed by atoms with van der Waals surface area (Å²) < 4.78 is 5.21. The second-order valence-corrected chi connectivity index (χ2v) is 5.23. The first-order valence-electron chi connectivity index (χ1n) is 6.13. The molecule has 0 bridgehead atoms. The van der Waals surface area contributed by atoms with Crippen molar-refractivity contribution in [2.24, 2.45) is 5.41 Å². The van der Waals surface area contributed by atoms with Gasteiger partial charge in [-0.25, -0.2) is 0 Å². The summed E-state index contributed by atoms with van der Waals surface area (Å²) in [5.41, 5.74) is 0.654. The van der Waals surface area contributed by atoms with Crippen molar-refractivity contribution >= 4 is 0 Å². The van der Waals surface area contributed by atoms with Gasteiger partial charge >= 0.3 is 0 Å². The van der Waals surface area contributed by atoms with Gasteiger partial charge in [0.05, 0.1) is 6.61 Å². The number of ether oxygens (including phenoxy) is 1. The standard InChI is InChI=1S/C12H23NO2/c1-15-8-11(4-7-14)13-9-12(10-13)5-2-3-6-12/h11,14H,2-10H2,1H3. The molecule has 0 aromatic carbocycles. The minimum absolute atomic E-state index is 0.275. The highest BCUT2D eigenvalue weighted by Gasteiger charge is 2.46. The number of nitrogens with zero attached hydrogens (tertiary/aromatic N) is 1. The molecule has 1 heterocycles. The normalized spacial score (nSPS) is 26.8. The van der Waals surface area contributed by atoms with E-state index in [-0.39, 0.29) is 6.61 Å². The molecule has 15 heavy (non-hydrogen) atoms. The van der Waals surface area contributed by atoms with Crippen LogP contribution < -0.4 is 0 Å². The molecule has 2 fully saturated rings. The van der Waals surface area contributed by atoms with Crippen molar-refractivity contribution in [3.8, 4) is 0 Å². The molecule has 88 valence electrons. The van der Waals surface area contributed by atoms with Crippen LogP contribution in [0.1, 0.15) is 32.1 Å². The molecule has 0 aromatic rings. The van der Waals surface area contributed by atoms with Gasteiger partial charge in [-0.05, 0) is 24.7 Å². The number of likely N-dealkylation sites (tertiary alicyclic amines) is 1. The number of hydrogen-bond donors (Lipinski definition) is 1. The molecule has 1 atom stereocenters. The lowest BCUT2D eigenvalue weighted by atomic mass is 9.77. The Morgan fingerprint density at radius 2 is 2.00 bits per heavy atom. The van der Waals surface area contributed by atoms with Gasteiger partial charge in [-0.2, -0.15) is 0 Å². The maximum Gasteiger partial charge on any atom is 0.0618 e. The molecule has 2 aliphatic rings. The maximum atomic E-state index is 9.01. The average molecular weight is 213 g/mol. The molecule has 1 spiro atoms. The topological polar surface area (TPSA) is 32.7 Å². The fraction of sp³-hybridized carbons (Fsp3) is 1.00. The van der Waals surface area contributed by atoms with E-state index in [1.807, 2.05) is 0 Å². The third-order valence-electron chi connectivity index (χ3n) is 4.08. The van der Waals surface area contributed by atoms with E-state index in [9.17, 15) is 0 Å². The number of rotatable bonds is 5. The minimum Gasteiger partial charge on any atom is -0.396 e. The summed E-state index contributed by atoms with van der Waals surface area (Å²) in [7, 11) is 1.75. The highest BCUT2D eigenvalue weighted by Crippen LogP contribution is 2.46. The average Bonchev–Trinajstić information content (AvgIpc) is 2.64. The van der Waals surface area contributed by atoms with Crippen LogP contribution in [0.2, 0.25) is 0 Å². The lowest BCUT2D eigenvalue weighted by Crippen LogP contribution is -2.59. The van der Waals surface area contributed by atoms with E-state index < -0.39 is 0 Å². The lowest BCUT2D eigenvalue weighted by Gasteiger charge is -2.51. The Hall–Kier alpha value is -0.120. The molecule has 0 amide bonds. The third kappa shape index (κ3) is 2.35.